The lowest BCUT2D eigenvalue weighted by Gasteiger charge is -2.17. The Morgan fingerprint density at radius 3 is 2.71 bits per heavy atom. The first-order valence-electron chi connectivity index (χ1n) is 5.00. The molecule has 2 amide bonds. The summed E-state index contributed by atoms with van der Waals surface area (Å²) in [4.78, 5) is 24.3. The fourth-order valence-electron chi connectivity index (χ4n) is 1.30. The fourth-order valence-corrected chi connectivity index (χ4v) is 1.30. The van der Waals surface area contributed by atoms with Gasteiger partial charge in [-0.3, -0.25) is 9.59 Å². The molecule has 0 heterocycles. The molecule has 0 unspecified atom stereocenters. The number of amides is 2. The second-order valence-electron chi connectivity index (χ2n) is 3.61. The zero-order valence-electron chi connectivity index (χ0n) is 9.73. The number of carbonyl (C=O) groups is 2. The summed E-state index contributed by atoms with van der Waals surface area (Å²) in [5.74, 6) is -0.738. The van der Waals surface area contributed by atoms with Gasteiger partial charge in [-0.1, -0.05) is 0 Å². The van der Waals surface area contributed by atoms with Gasteiger partial charge in [0.2, 0.25) is 5.91 Å². The number of anilines is 1. The summed E-state index contributed by atoms with van der Waals surface area (Å²) in [7, 11) is 2.98. The van der Waals surface area contributed by atoms with Crippen LogP contribution < -0.4 is 11.1 Å². The molecule has 6 nitrogen and oxygen atoms in total. The fraction of sp³-hybridized carbons (Fsp3) is 0.273. The summed E-state index contributed by atoms with van der Waals surface area (Å²) in [6, 6.07) is 4.11. The second-order valence-corrected chi connectivity index (χ2v) is 3.61. The molecule has 1 rings (SSSR count). The maximum Gasteiger partial charge on any atom is 0.256 e. The molecule has 0 saturated heterocycles. The molecule has 0 aliphatic carbocycles. The third-order valence-corrected chi connectivity index (χ3v) is 2.27. The van der Waals surface area contributed by atoms with E-state index in [0.717, 1.165) is 0 Å². The van der Waals surface area contributed by atoms with E-state index >= 15 is 0 Å². The Kier molecular flexibility index (Phi) is 3.92. The number of benzene rings is 1. The first kappa shape index (κ1) is 12.8. The van der Waals surface area contributed by atoms with Gasteiger partial charge in [-0.05, 0) is 18.2 Å². The van der Waals surface area contributed by atoms with Crippen molar-refractivity contribution >= 4 is 17.5 Å². The summed E-state index contributed by atoms with van der Waals surface area (Å²) in [5, 5.41) is 11.7. The smallest absolute Gasteiger partial charge is 0.256 e. The van der Waals surface area contributed by atoms with Gasteiger partial charge in [-0.15, -0.1) is 0 Å². The van der Waals surface area contributed by atoms with Gasteiger partial charge in [0.1, 0.15) is 5.75 Å². The molecular weight excluding hydrogens is 222 g/mol. The Bertz CT molecular complexity index is 446. The van der Waals surface area contributed by atoms with Crippen LogP contribution >= 0.6 is 0 Å². The van der Waals surface area contributed by atoms with Crippen molar-refractivity contribution in [2.75, 3.05) is 26.4 Å². The van der Waals surface area contributed by atoms with Crippen molar-refractivity contribution in [1.82, 2.24) is 10.2 Å². The Labute approximate surface area is 99.0 Å². The van der Waals surface area contributed by atoms with E-state index in [2.05, 4.69) is 5.32 Å². The molecule has 0 aliphatic rings. The quantitative estimate of drug-likeness (QED) is 0.501. The average Bonchev–Trinajstić information content (AvgIpc) is 2.31. The van der Waals surface area contributed by atoms with Crippen LogP contribution in [0.4, 0.5) is 5.69 Å². The lowest BCUT2D eigenvalue weighted by atomic mass is 10.1. The molecule has 92 valence electrons. The summed E-state index contributed by atoms with van der Waals surface area (Å²) in [5.41, 5.74) is 6.07. The van der Waals surface area contributed by atoms with Crippen molar-refractivity contribution in [1.29, 1.82) is 0 Å². The number of phenolic OH excluding ortho intramolecular Hbond substituents is 1. The average molecular weight is 237 g/mol. The van der Waals surface area contributed by atoms with Gasteiger partial charge in [0, 0.05) is 19.8 Å². The van der Waals surface area contributed by atoms with Crippen molar-refractivity contribution in [3.63, 3.8) is 0 Å². The predicted molar refractivity (Wildman–Crippen MR) is 63.5 cm³/mol. The SMILES string of the molecule is CNC(=O)CN(C)C(=O)c1cc(O)ccc1N. The molecule has 0 aliphatic heterocycles. The van der Waals surface area contributed by atoms with Gasteiger partial charge in [0.15, 0.2) is 0 Å². The highest BCUT2D eigenvalue weighted by Crippen LogP contribution is 2.19. The number of likely N-dealkylation sites (N-methyl/N-ethyl adjacent to an activating group) is 2. The summed E-state index contributed by atoms with van der Waals surface area (Å²) < 4.78 is 0. The largest absolute Gasteiger partial charge is 0.508 e. The third-order valence-electron chi connectivity index (χ3n) is 2.27. The maximum absolute atomic E-state index is 11.9. The Hall–Kier alpha value is -2.24. The van der Waals surface area contributed by atoms with Crippen molar-refractivity contribution in [3.8, 4) is 5.75 Å². The van der Waals surface area contributed by atoms with Crippen LogP contribution in [-0.4, -0.2) is 42.5 Å². The van der Waals surface area contributed by atoms with E-state index in [1.807, 2.05) is 0 Å². The topological polar surface area (TPSA) is 95.7 Å². The highest BCUT2D eigenvalue weighted by atomic mass is 16.3. The zero-order chi connectivity index (χ0) is 13.0. The zero-order valence-corrected chi connectivity index (χ0v) is 9.73. The second kappa shape index (κ2) is 5.20. The molecule has 0 saturated carbocycles. The molecule has 4 N–H and O–H groups in total. The molecule has 0 spiro atoms. The summed E-state index contributed by atoms with van der Waals surface area (Å²) >= 11 is 0. The lowest BCUT2D eigenvalue weighted by Crippen LogP contribution is -2.37. The van der Waals surface area contributed by atoms with Crippen LogP contribution in [0.5, 0.6) is 5.75 Å². The molecule has 0 fully saturated rings. The predicted octanol–water partition coefficient (Wildman–Crippen LogP) is -0.208. The van der Waals surface area contributed by atoms with Crippen LogP contribution in [0.3, 0.4) is 0 Å². The van der Waals surface area contributed by atoms with Crippen LogP contribution in [0.1, 0.15) is 10.4 Å². The number of hydrogen-bond acceptors (Lipinski definition) is 4. The number of nitrogen functional groups attached to an aromatic ring is 1. The van der Waals surface area contributed by atoms with E-state index < -0.39 is 5.91 Å². The minimum Gasteiger partial charge on any atom is -0.508 e. The molecular formula is C11H15N3O3. The van der Waals surface area contributed by atoms with Gasteiger partial charge in [0.25, 0.3) is 5.91 Å². The Balaban J connectivity index is 2.88. The van der Waals surface area contributed by atoms with Crippen molar-refractivity contribution in [2.24, 2.45) is 0 Å². The number of hydrogen-bond donors (Lipinski definition) is 3. The number of aromatic hydroxyl groups is 1. The van der Waals surface area contributed by atoms with E-state index in [1.165, 1.54) is 37.2 Å². The number of phenols is 1. The summed E-state index contributed by atoms with van der Waals surface area (Å²) in [6.45, 7) is -0.0651. The van der Waals surface area contributed by atoms with Crippen LogP contribution in [0.25, 0.3) is 0 Å². The normalized spacial score (nSPS) is 9.76. The van der Waals surface area contributed by atoms with Crippen LogP contribution in [-0.2, 0) is 4.79 Å². The van der Waals surface area contributed by atoms with Crippen LogP contribution in [0.2, 0.25) is 0 Å². The molecule has 0 bridgehead atoms. The molecule has 1 aromatic rings. The lowest BCUT2D eigenvalue weighted by molar-refractivity contribution is -0.121. The molecule has 17 heavy (non-hydrogen) atoms. The van der Waals surface area contributed by atoms with Crippen molar-refractivity contribution in [2.45, 2.75) is 0 Å². The monoisotopic (exact) mass is 237 g/mol. The van der Waals surface area contributed by atoms with Crippen molar-refractivity contribution in [3.05, 3.63) is 23.8 Å². The molecule has 0 aromatic heterocycles. The Morgan fingerprint density at radius 1 is 1.47 bits per heavy atom. The van der Waals surface area contributed by atoms with Crippen molar-refractivity contribution < 1.29 is 14.7 Å². The van der Waals surface area contributed by atoms with E-state index in [-0.39, 0.29) is 29.5 Å². The highest BCUT2D eigenvalue weighted by Gasteiger charge is 2.17. The Morgan fingerprint density at radius 2 is 2.12 bits per heavy atom. The highest BCUT2D eigenvalue weighted by molar-refractivity contribution is 6.00. The van der Waals surface area contributed by atoms with E-state index in [4.69, 9.17) is 5.73 Å². The number of nitrogens with zero attached hydrogens (tertiary/aromatic N) is 1. The van der Waals surface area contributed by atoms with Gasteiger partial charge < -0.3 is 21.1 Å². The van der Waals surface area contributed by atoms with E-state index in [9.17, 15) is 14.7 Å². The standard InChI is InChI=1S/C11H15N3O3/c1-13-10(16)6-14(2)11(17)8-5-7(15)3-4-9(8)12/h3-5,15H,6,12H2,1-2H3,(H,13,16). The molecule has 0 radical (unpaired) electrons. The van der Waals surface area contributed by atoms with Gasteiger partial charge >= 0.3 is 0 Å². The number of nitrogens with one attached hydrogen (secondary N) is 1. The maximum atomic E-state index is 11.9. The minimum atomic E-state index is -0.415. The van der Waals surface area contributed by atoms with E-state index in [1.54, 1.807) is 0 Å². The number of rotatable bonds is 3. The van der Waals surface area contributed by atoms with Gasteiger partial charge in [-0.25, -0.2) is 0 Å². The van der Waals surface area contributed by atoms with Crippen LogP contribution in [0, 0.1) is 0 Å². The van der Waals surface area contributed by atoms with Gasteiger partial charge in [-0.2, -0.15) is 0 Å². The number of nitrogens with two attached hydrogens (primary N) is 1. The van der Waals surface area contributed by atoms with E-state index in [0.29, 0.717) is 0 Å². The minimum absolute atomic E-state index is 0.0455. The molecule has 0 atom stereocenters. The van der Waals surface area contributed by atoms with Gasteiger partial charge in [0.05, 0.1) is 12.1 Å². The summed E-state index contributed by atoms with van der Waals surface area (Å²) in [6.07, 6.45) is 0. The first-order chi connectivity index (χ1) is 7.95. The molecule has 1 aromatic carbocycles. The van der Waals surface area contributed by atoms with Crippen LogP contribution in [0.15, 0.2) is 18.2 Å². The first-order valence-corrected chi connectivity index (χ1v) is 5.00. The number of carbonyl (C=O) groups excluding carboxylic acids is 2. The molecule has 6 heteroatoms. The third kappa shape index (κ3) is 3.10.